The Morgan fingerprint density at radius 2 is 1.77 bits per heavy atom. The van der Waals surface area contributed by atoms with Crippen LogP contribution in [0.15, 0.2) is 36.4 Å². The van der Waals surface area contributed by atoms with Crippen LogP contribution in [0.5, 0.6) is 0 Å². The third kappa shape index (κ3) is 6.30. The lowest BCUT2D eigenvalue weighted by atomic mass is 10.1. The first-order chi connectivity index (χ1) is 14.6. The van der Waals surface area contributed by atoms with Gasteiger partial charge in [-0.1, -0.05) is 12.1 Å². The van der Waals surface area contributed by atoms with Gasteiger partial charge in [-0.25, -0.2) is 0 Å². The highest BCUT2D eigenvalue weighted by Crippen LogP contribution is 2.29. The molecule has 0 aliphatic heterocycles. The lowest BCUT2D eigenvalue weighted by Gasteiger charge is -2.10. The second kappa shape index (κ2) is 9.51. The lowest BCUT2D eigenvalue weighted by Crippen LogP contribution is -2.30. The molecule has 0 atom stereocenters. The molecule has 0 fully saturated rings. The van der Waals surface area contributed by atoms with E-state index in [9.17, 15) is 13.2 Å². The molecule has 2 aromatic heterocycles. The molecule has 2 N–H and O–H groups in total. The zero-order valence-electron chi connectivity index (χ0n) is 17.6. The Morgan fingerprint density at radius 3 is 2.45 bits per heavy atom. The van der Waals surface area contributed by atoms with Crippen molar-refractivity contribution in [3.8, 4) is 0 Å². The standard InChI is InChI=1S/C21H25F3N6S/c1-14-10-15(2)29(27-14)9-5-8-25-20(31)26-19-11-16(3)30(28-19)13-17-6-4-7-18(12-17)21(22,23)24/h4,6-7,10-12H,5,8-9,13H2,1-3H3,(H2,25,26,28,31). The monoisotopic (exact) mass is 450 g/mol. The topological polar surface area (TPSA) is 59.7 Å². The highest BCUT2D eigenvalue weighted by molar-refractivity contribution is 7.80. The Bertz CT molecular complexity index is 1050. The van der Waals surface area contributed by atoms with Crippen molar-refractivity contribution in [1.82, 2.24) is 24.9 Å². The largest absolute Gasteiger partial charge is 0.416 e. The Hall–Kier alpha value is -2.88. The van der Waals surface area contributed by atoms with Crippen molar-refractivity contribution in [2.75, 3.05) is 11.9 Å². The Kier molecular flexibility index (Phi) is 6.99. The molecule has 0 amide bonds. The van der Waals surface area contributed by atoms with Gasteiger partial charge in [-0.15, -0.1) is 0 Å². The maximum Gasteiger partial charge on any atom is 0.416 e. The molecule has 0 radical (unpaired) electrons. The fraction of sp³-hybridized carbons (Fsp3) is 0.381. The van der Waals surface area contributed by atoms with Crippen LogP contribution in [0.1, 0.15) is 34.6 Å². The Morgan fingerprint density at radius 1 is 1.03 bits per heavy atom. The summed E-state index contributed by atoms with van der Waals surface area (Å²) in [6, 6.07) is 9.10. The maximum absolute atomic E-state index is 12.9. The van der Waals surface area contributed by atoms with Crippen LogP contribution in [0.2, 0.25) is 0 Å². The van der Waals surface area contributed by atoms with Gasteiger partial charge in [0.1, 0.15) is 0 Å². The average Bonchev–Trinajstić information content (AvgIpc) is 3.18. The molecule has 0 unspecified atom stereocenters. The van der Waals surface area contributed by atoms with E-state index in [1.165, 1.54) is 6.07 Å². The number of hydrogen-bond donors (Lipinski definition) is 2. The first-order valence-corrected chi connectivity index (χ1v) is 10.3. The summed E-state index contributed by atoms with van der Waals surface area (Å²) in [7, 11) is 0. The predicted octanol–water partition coefficient (Wildman–Crippen LogP) is 4.45. The average molecular weight is 451 g/mol. The van der Waals surface area contributed by atoms with E-state index in [0.29, 0.717) is 23.0 Å². The zero-order chi connectivity index (χ0) is 22.6. The molecule has 2 heterocycles. The van der Waals surface area contributed by atoms with Gasteiger partial charge in [-0.05, 0) is 63.2 Å². The molecule has 3 rings (SSSR count). The molecule has 10 heteroatoms. The highest BCUT2D eigenvalue weighted by Gasteiger charge is 2.30. The molecule has 166 valence electrons. The Labute approximate surface area is 184 Å². The van der Waals surface area contributed by atoms with E-state index in [-0.39, 0.29) is 6.54 Å². The van der Waals surface area contributed by atoms with Crippen LogP contribution in [-0.4, -0.2) is 31.2 Å². The normalized spacial score (nSPS) is 11.5. The van der Waals surface area contributed by atoms with Gasteiger partial charge in [-0.2, -0.15) is 23.4 Å². The van der Waals surface area contributed by atoms with Crippen LogP contribution in [0, 0.1) is 20.8 Å². The molecular formula is C21H25F3N6S. The van der Waals surface area contributed by atoms with Crippen molar-refractivity contribution in [2.45, 2.75) is 46.5 Å². The number of benzene rings is 1. The second-order valence-corrected chi connectivity index (χ2v) is 7.82. The smallest absolute Gasteiger partial charge is 0.362 e. The molecular weight excluding hydrogens is 425 g/mol. The number of aryl methyl sites for hydroxylation is 4. The summed E-state index contributed by atoms with van der Waals surface area (Å²) in [6.07, 6.45) is -3.51. The van der Waals surface area contributed by atoms with Crippen molar-refractivity contribution >= 4 is 23.1 Å². The number of rotatable bonds is 7. The number of anilines is 1. The van der Waals surface area contributed by atoms with E-state index in [4.69, 9.17) is 12.2 Å². The van der Waals surface area contributed by atoms with Crippen LogP contribution < -0.4 is 10.6 Å². The molecule has 31 heavy (non-hydrogen) atoms. The van der Waals surface area contributed by atoms with E-state index in [1.54, 1.807) is 16.8 Å². The van der Waals surface area contributed by atoms with E-state index in [2.05, 4.69) is 20.8 Å². The van der Waals surface area contributed by atoms with Gasteiger partial charge in [0, 0.05) is 30.5 Å². The van der Waals surface area contributed by atoms with E-state index in [1.807, 2.05) is 31.5 Å². The summed E-state index contributed by atoms with van der Waals surface area (Å²) in [4.78, 5) is 0. The second-order valence-electron chi connectivity index (χ2n) is 7.41. The minimum Gasteiger partial charge on any atom is -0.362 e. The molecule has 0 aliphatic rings. The quantitative estimate of drug-likeness (QED) is 0.412. The van der Waals surface area contributed by atoms with Gasteiger partial charge < -0.3 is 10.6 Å². The minimum absolute atomic E-state index is 0.236. The van der Waals surface area contributed by atoms with Crippen LogP contribution in [0.4, 0.5) is 19.0 Å². The fourth-order valence-corrected chi connectivity index (χ4v) is 3.45. The van der Waals surface area contributed by atoms with E-state index in [0.717, 1.165) is 42.2 Å². The molecule has 1 aromatic carbocycles. The third-order valence-corrected chi connectivity index (χ3v) is 4.99. The highest BCUT2D eigenvalue weighted by atomic mass is 32.1. The zero-order valence-corrected chi connectivity index (χ0v) is 18.4. The number of aromatic nitrogens is 4. The molecule has 0 aliphatic carbocycles. The van der Waals surface area contributed by atoms with E-state index < -0.39 is 11.7 Å². The Balaban J connectivity index is 1.51. The predicted molar refractivity (Wildman–Crippen MR) is 118 cm³/mol. The molecule has 0 saturated carbocycles. The molecule has 3 aromatic rings. The summed E-state index contributed by atoms with van der Waals surface area (Å²) in [5.74, 6) is 0.542. The first kappa shape index (κ1) is 22.8. The van der Waals surface area contributed by atoms with Crippen molar-refractivity contribution < 1.29 is 13.2 Å². The van der Waals surface area contributed by atoms with Crippen molar-refractivity contribution in [3.05, 3.63) is 64.6 Å². The molecule has 0 spiro atoms. The molecule has 6 nitrogen and oxygen atoms in total. The van der Waals surface area contributed by atoms with Crippen molar-refractivity contribution in [1.29, 1.82) is 0 Å². The van der Waals surface area contributed by atoms with Gasteiger partial charge >= 0.3 is 6.18 Å². The van der Waals surface area contributed by atoms with Crippen LogP contribution in [-0.2, 0) is 19.3 Å². The van der Waals surface area contributed by atoms with Gasteiger partial charge in [-0.3, -0.25) is 9.36 Å². The number of hydrogen-bond acceptors (Lipinski definition) is 3. The number of nitrogens with zero attached hydrogens (tertiary/aromatic N) is 4. The summed E-state index contributed by atoms with van der Waals surface area (Å²) >= 11 is 5.32. The number of halogens is 3. The van der Waals surface area contributed by atoms with Gasteiger partial charge in [0.25, 0.3) is 0 Å². The summed E-state index contributed by atoms with van der Waals surface area (Å²) < 4.78 is 42.4. The van der Waals surface area contributed by atoms with Gasteiger partial charge in [0.15, 0.2) is 10.9 Å². The summed E-state index contributed by atoms with van der Waals surface area (Å²) in [5, 5.41) is 15.4. The number of thiocarbonyl (C=S) groups is 1. The number of alkyl halides is 3. The molecule has 0 saturated heterocycles. The fourth-order valence-electron chi connectivity index (χ4n) is 3.24. The minimum atomic E-state index is -4.37. The SMILES string of the molecule is Cc1cc(C)n(CCCNC(=S)Nc2cc(C)n(Cc3cccc(C(F)(F)F)c3)n2)n1. The van der Waals surface area contributed by atoms with Crippen LogP contribution in [0.25, 0.3) is 0 Å². The molecule has 0 bridgehead atoms. The summed E-state index contributed by atoms with van der Waals surface area (Å²) in [5.41, 5.74) is 2.79. The summed E-state index contributed by atoms with van der Waals surface area (Å²) in [6.45, 7) is 7.54. The van der Waals surface area contributed by atoms with Crippen molar-refractivity contribution in [2.24, 2.45) is 0 Å². The van der Waals surface area contributed by atoms with Crippen LogP contribution >= 0.6 is 12.2 Å². The number of nitrogens with one attached hydrogen (secondary N) is 2. The maximum atomic E-state index is 12.9. The van der Waals surface area contributed by atoms with Crippen LogP contribution in [0.3, 0.4) is 0 Å². The first-order valence-electron chi connectivity index (χ1n) is 9.88. The van der Waals surface area contributed by atoms with E-state index >= 15 is 0 Å². The lowest BCUT2D eigenvalue weighted by molar-refractivity contribution is -0.137. The van der Waals surface area contributed by atoms with Gasteiger partial charge in [0.2, 0.25) is 0 Å². The van der Waals surface area contributed by atoms with Crippen molar-refractivity contribution in [3.63, 3.8) is 0 Å². The third-order valence-electron chi connectivity index (χ3n) is 4.75. The van der Waals surface area contributed by atoms with Gasteiger partial charge in [0.05, 0.1) is 17.8 Å².